The molecular weight excluding hydrogens is 444 g/mol. The SMILES string of the molecule is CC(C)[C@H](C)C(=O)N1CCC[C@H]1c1ncc(-c2ccc([N+](=O)[O-])c(O[C@H](C)c3ccccc3)c2)[nH]1. The van der Waals surface area contributed by atoms with Gasteiger partial charge in [-0.05, 0) is 43.4 Å². The molecule has 2 heterocycles. The lowest BCUT2D eigenvalue weighted by atomic mass is 9.96. The lowest BCUT2D eigenvalue weighted by molar-refractivity contribution is -0.386. The largest absolute Gasteiger partial charge is 0.479 e. The number of likely N-dealkylation sites (tertiary alicyclic amines) is 1. The Labute approximate surface area is 205 Å². The first-order chi connectivity index (χ1) is 16.8. The molecule has 8 nitrogen and oxygen atoms in total. The van der Waals surface area contributed by atoms with Crippen molar-refractivity contribution in [2.24, 2.45) is 11.8 Å². The highest BCUT2D eigenvalue weighted by molar-refractivity contribution is 5.79. The van der Waals surface area contributed by atoms with Crippen molar-refractivity contribution in [3.05, 3.63) is 76.2 Å². The summed E-state index contributed by atoms with van der Waals surface area (Å²) >= 11 is 0. The number of aromatic nitrogens is 2. The van der Waals surface area contributed by atoms with Crippen LogP contribution in [0.1, 0.15) is 64.1 Å². The Bertz CT molecular complexity index is 1190. The number of ether oxygens (including phenoxy) is 1. The van der Waals surface area contributed by atoms with Crippen LogP contribution in [0.4, 0.5) is 5.69 Å². The van der Waals surface area contributed by atoms with Crippen molar-refractivity contribution in [1.82, 2.24) is 14.9 Å². The number of nitrogens with one attached hydrogen (secondary N) is 1. The molecule has 1 aromatic heterocycles. The number of rotatable bonds is 8. The molecule has 35 heavy (non-hydrogen) atoms. The molecule has 4 rings (SSSR count). The number of nitro benzene ring substituents is 1. The minimum Gasteiger partial charge on any atom is -0.479 e. The lowest BCUT2D eigenvalue weighted by Gasteiger charge is -2.27. The molecule has 8 heteroatoms. The first kappa shape index (κ1) is 24.4. The normalized spacial score (nSPS) is 17.4. The Morgan fingerprint density at radius 2 is 1.91 bits per heavy atom. The van der Waals surface area contributed by atoms with Gasteiger partial charge in [0.15, 0.2) is 5.75 Å². The number of nitrogens with zero attached hydrogens (tertiary/aromatic N) is 3. The fourth-order valence-electron chi connectivity index (χ4n) is 4.42. The molecule has 0 saturated carbocycles. The summed E-state index contributed by atoms with van der Waals surface area (Å²) in [6, 6.07) is 14.3. The summed E-state index contributed by atoms with van der Waals surface area (Å²) in [6.45, 7) is 8.69. The summed E-state index contributed by atoms with van der Waals surface area (Å²) in [6.07, 6.45) is 3.15. The molecule has 3 atom stereocenters. The third kappa shape index (κ3) is 5.21. The summed E-state index contributed by atoms with van der Waals surface area (Å²) < 4.78 is 6.03. The smallest absolute Gasteiger partial charge is 0.310 e. The van der Waals surface area contributed by atoms with E-state index in [1.165, 1.54) is 6.07 Å². The summed E-state index contributed by atoms with van der Waals surface area (Å²) in [4.78, 5) is 34.1. The van der Waals surface area contributed by atoms with Gasteiger partial charge >= 0.3 is 5.69 Å². The van der Waals surface area contributed by atoms with E-state index in [0.29, 0.717) is 0 Å². The molecule has 3 aromatic rings. The highest BCUT2D eigenvalue weighted by atomic mass is 16.6. The average molecular weight is 477 g/mol. The van der Waals surface area contributed by atoms with E-state index in [1.807, 2.05) is 49.1 Å². The van der Waals surface area contributed by atoms with Crippen LogP contribution in [0.3, 0.4) is 0 Å². The van der Waals surface area contributed by atoms with Crippen LogP contribution >= 0.6 is 0 Å². The molecule has 1 N–H and O–H groups in total. The second-order valence-corrected chi connectivity index (χ2v) is 9.51. The number of hydrogen-bond donors (Lipinski definition) is 1. The predicted octanol–water partition coefficient (Wildman–Crippen LogP) is 6.08. The first-order valence-electron chi connectivity index (χ1n) is 12.1. The second-order valence-electron chi connectivity index (χ2n) is 9.51. The van der Waals surface area contributed by atoms with E-state index in [2.05, 4.69) is 23.8 Å². The Balaban J connectivity index is 1.59. The number of carbonyl (C=O) groups excluding carboxylic acids is 1. The van der Waals surface area contributed by atoms with Gasteiger partial charge in [-0.1, -0.05) is 51.1 Å². The van der Waals surface area contributed by atoms with Crippen LogP contribution in [0.5, 0.6) is 5.75 Å². The van der Waals surface area contributed by atoms with Crippen molar-refractivity contribution in [2.45, 2.75) is 52.7 Å². The van der Waals surface area contributed by atoms with Crippen molar-refractivity contribution in [3.8, 4) is 17.0 Å². The molecule has 1 amide bonds. The van der Waals surface area contributed by atoms with Crippen molar-refractivity contribution in [3.63, 3.8) is 0 Å². The number of H-pyrrole nitrogens is 1. The van der Waals surface area contributed by atoms with Crippen LogP contribution < -0.4 is 4.74 Å². The minimum absolute atomic E-state index is 0.0500. The maximum atomic E-state index is 13.0. The fraction of sp³-hybridized carbons (Fsp3) is 0.407. The van der Waals surface area contributed by atoms with E-state index >= 15 is 0 Å². The van der Waals surface area contributed by atoms with Crippen molar-refractivity contribution >= 4 is 11.6 Å². The van der Waals surface area contributed by atoms with E-state index in [0.717, 1.165) is 42.0 Å². The third-order valence-corrected chi connectivity index (χ3v) is 6.88. The van der Waals surface area contributed by atoms with Crippen LogP contribution in [0.2, 0.25) is 0 Å². The summed E-state index contributed by atoms with van der Waals surface area (Å²) in [5, 5.41) is 11.6. The number of carbonyl (C=O) groups is 1. The quantitative estimate of drug-likeness (QED) is 0.314. The van der Waals surface area contributed by atoms with Crippen LogP contribution in [0, 0.1) is 22.0 Å². The van der Waals surface area contributed by atoms with E-state index < -0.39 is 4.92 Å². The van der Waals surface area contributed by atoms with E-state index in [-0.39, 0.29) is 41.3 Å². The lowest BCUT2D eigenvalue weighted by Crippen LogP contribution is -2.36. The molecular formula is C27H32N4O4. The molecule has 0 unspecified atom stereocenters. The molecule has 2 aromatic carbocycles. The Kier molecular flexibility index (Phi) is 7.19. The number of nitro groups is 1. The number of amides is 1. The number of benzene rings is 2. The van der Waals surface area contributed by atoms with E-state index in [1.54, 1.807) is 18.3 Å². The van der Waals surface area contributed by atoms with Crippen LogP contribution in [-0.4, -0.2) is 32.2 Å². The maximum absolute atomic E-state index is 13.0. The molecule has 1 saturated heterocycles. The Morgan fingerprint density at radius 1 is 1.17 bits per heavy atom. The third-order valence-electron chi connectivity index (χ3n) is 6.88. The number of hydrogen-bond acceptors (Lipinski definition) is 5. The predicted molar refractivity (Wildman–Crippen MR) is 134 cm³/mol. The molecule has 184 valence electrons. The van der Waals surface area contributed by atoms with Crippen molar-refractivity contribution in [1.29, 1.82) is 0 Å². The zero-order valence-corrected chi connectivity index (χ0v) is 20.6. The zero-order chi connectivity index (χ0) is 25.1. The molecule has 0 spiro atoms. The van der Waals surface area contributed by atoms with Gasteiger partial charge in [-0.15, -0.1) is 0 Å². The molecule has 0 bridgehead atoms. The molecule has 1 fully saturated rings. The van der Waals surface area contributed by atoms with E-state index in [9.17, 15) is 14.9 Å². The van der Waals surface area contributed by atoms with Gasteiger partial charge < -0.3 is 14.6 Å². The topological polar surface area (TPSA) is 101 Å². The standard InChI is InChI=1S/C27H32N4O4/c1-17(2)18(3)27(32)30-14-8-11-24(30)26-28-16-22(29-26)21-12-13-23(31(33)34)25(15-21)35-19(4)20-9-6-5-7-10-20/h5-7,9-10,12-13,15-19,24H,8,11,14H2,1-4H3,(H,28,29)/t18-,19+,24-/m0/s1. The average Bonchev–Trinajstić information content (AvgIpc) is 3.53. The van der Waals surface area contributed by atoms with Gasteiger partial charge in [0.25, 0.3) is 0 Å². The van der Waals surface area contributed by atoms with Crippen molar-refractivity contribution < 1.29 is 14.5 Å². The Morgan fingerprint density at radius 3 is 2.60 bits per heavy atom. The fourth-order valence-corrected chi connectivity index (χ4v) is 4.42. The van der Waals surface area contributed by atoms with Gasteiger partial charge in [0, 0.05) is 24.1 Å². The molecule has 0 aliphatic carbocycles. The highest BCUT2D eigenvalue weighted by Gasteiger charge is 2.35. The van der Waals surface area contributed by atoms with Gasteiger partial charge in [-0.3, -0.25) is 14.9 Å². The van der Waals surface area contributed by atoms with Gasteiger partial charge in [-0.25, -0.2) is 4.98 Å². The van der Waals surface area contributed by atoms with Crippen LogP contribution in [-0.2, 0) is 4.79 Å². The minimum atomic E-state index is -0.437. The molecule has 1 aliphatic heterocycles. The van der Waals surface area contributed by atoms with Gasteiger partial charge in [0.1, 0.15) is 11.9 Å². The van der Waals surface area contributed by atoms with Gasteiger partial charge in [0.05, 0.1) is 22.9 Å². The molecule has 1 aliphatic rings. The monoisotopic (exact) mass is 476 g/mol. The zero-order valence-electron chi connectivity index (χ0n) is 20.6. The summed E-state index contributed by atoms with van der Waals surface area (Å²) in [7, 11) is 0. The van der Waals surface area contributed by atoms with Crippen molar-refractivity contribution in [2.75, 3.05) is 6.54 Å². The van der Waals surface area contributed by atoms with Gasteiger partial charge in [0.2, 0.25) is 5.91 Å². The number of aromatic amines is 1. The summed E-state index contributed by atoms with van der Waals surface area (Å²) in [5.74, 6) is 1.31. The van der Waals surface area contributed by atoms with Gasteiger partial charge in [-0.2, -0.15) is 0 Å². The first-order valence-corrected chi connectivity index (χ1v) is 12.1. The van der Waals surface area contributed by atoms with E-state index in [4.69, 9.17) is 4.74 Å². The molecule has 0 radical (unpaired) electrons. The highest BCUT2D eigenvalue weighted by Crippen LogP contribution is 2.37. The van der Waals surface area contributed by atoms with Crippen LogP contribution in [0.25, 0.3) is 11.3 Å². The number of imidazole rings is 1. The summed E-state index contributed by atoms with van der Waals surface area (Å²) in [5.41, 5.74) is 2.29. The Hall–Kier alpha value is -3.68. The van der Waals surface area contributed by atoms with Crippen LogP contribution in [0.15, 0.2) is 54.7 Å². The second kappa shape index (κ2) is 10.3. The maximum Gasteiger partial charge on any atom is 0.310 e.